The summed E-state index contributed by atoms with van der Waals surface area (Å²) < 4.78 is 27.3. The topological polar surface area (TPSA) is 92.1 Å². The number of carbonyl (C=O) groups excluding carboxylic acids is 1. The van der Waals surface area contributed by atoms with Crippen LogP contribution in [0, 0.1) is 0 Å². The van der Waals surface area contributed by atoms with E-state index in [4.69, 9.17) is 23.4 Å². The third-order valence-corrected chi connectivity index (χ3v) is 5.44. The fraction of sp³-hybridized carbons (Fsp3) is 0.172. The van der Waals surface area contributed by atoms with Gasteiger partial charge in [-0.2, -0.15) is 0 Å². The summed E-state index contributed by atoms with van der Waals surface area (Å²) in [5.41, 5.74) is 3.77. The highest BCUT2D eigenvalue weighted by Gasteiger charge is 2.13. The highest BCUT2D eigenvalue weighted by molar-refractivity contribution is 5.94. The number of nitrogens with one attached hydrogen (secondary N) is 1. The van der Waals surface area contributed by atoms with E-state index in [1.54, 1.807) is 27.3 Å². The number of benzene rings is 3. The van der Waals surface area contributed by atoms with E-state index in [0.29, 0.717) is 35.3 Å². The Hall–Kier alpha value is -4.72. The minimum absolute atomic E-state index is 0.271. The van der Waals surface area contributed by atoms with Crippen molar-refractivity contribution in [1.82, 2.24) is 4.98 Å². The molecule has 0 atom stereocenters. The van der Waals surface area contributed by atoms with Gasteiger partial charge in [-0.3, -0.25) is 0 Å². The minimum Gasteiger partial charge on any atom is -0.497 e. The first-order chi connectivity index (χ1) is 18.1. The Balaban J connectivity index is 1.57. The van der Waals surface area contributed by atoms with E-state index in [9.17, 15) is 4.79 Å². The fourth-order valence-electron chi connectivity index (χ4n) is 3.61. The number of rotatable bonds is 11. The molecule has 1 aromatic heterocycles. The van der Waals surface area contributed by atoms with Crippen molar-refractivity contribution < 1.29 is 28.2 Å². The van der Waals surface area contributed by atoms with Gasteiger partial charge in [0.05, 0.1) is 38.3 Å². The van der Waals surface area contributed by atoms with Crippen LogP contribution in [-0.2, 0) is 16.1 Å². The van der Waals surface area contributed by atoms with E-state index >= 15 is 0 Å². The number of hydrogen-bond acceptors (Lipinski definition) is 8. The van der Waals surface area contributed by atoms with Gasteiger partial charge < -0.3 is 28.7 Å². The van der Waals surface area contributed by atoms with Crippen molar-refractivity contribution in [2.45, 2.75) is 13.5 Å². The molecule has 0 aliphatic carbocycles. The molecule has 0 radical (unpaired) electrons. The average molecular weight is 501 g/mol. The van der Waals surface area contributed by atoms with Gasteiger partial charge in [0.2, 0.25) is 0 Å². The number of anilines is 1. The molecule has 0 aliphatic rings. The minimum atomic E-state index is -0.459. The fourth-order valence-corrected chi connectivity index (χ4v) is 3.61. The molecule has 0 bridgehead atoms. The number of methoxy groups -OCH3 is 2. The largest absolute Gasteiger partial charge is 0.497 e. The molecule has 0 spiro atoms. The lowest BCUT2D eigenvalue weighted by Gasteiger charge is -2.15. The molecule has 8 heteroatoms. The monoisotopic (exact) mass is 500 g/mol. The van der Waals surface area contributed by atoms with Gasteiger partial charge in [-0.25, -0.2) is 9.78 Å². The maximum absolute atomic E-state index is 12.4. The zero-order valence-electron chi connectivity index (χ0n) is 20.9. The molecule has 0 saturated carbocycles. The Morgan fingerprint density at radius 1 is 1.00 bits per heavy atom. The Kier molecular flexibility index (Phi) is 8.44. The van der Waals surface area contributed by atoms with Gasteiger partial charge in [-0.1, -0.05) is 24.3 Å². The molecular weight excluding hydrogens is 472 g/mol. The standard InChI is InChI=1S/C29H28N2O6/c1-4-35-29(32)16-26(31-22-10-13-25(27(15-22)34-3)28-17-30-19-37-28)21-6-5-7-24(14-21)36-18-20-8-11-23(33-2)12-9-20/h5-17,19,31H,4,18H2,1-3H3. The van der Waals surface area contributed by atoms with Crippen LogP contribution in [0.25, 0.3) is 17.0 Å². The maximum Gasteiger partial charge on any atom is 0.332 e. The molecule has 3 aromatic carbocycles. The summed E-state index contributed by atoms with van der Waals surface area (Å²) in [4.78, 5) is 16.3. The Morgan fingerprint density at radius 2 is 1.84 bits per heavy atom. The van der Waals surface area contributed by atoms with Crippen LogP contribution in [0.4, 0.5) is 5.69 Å². The number of esters is 1. The highest BCUT2D eigenvalue weighted by Crippen LogP contribution is 2.33. The van der Waals surface area contributed by atoms with E-state index < -0.39 is 5.97 Å². The predicted octanol–water partition coefficient (Wildman–Crippen LogP) is 5.95. The Morgan fingerprint density at radius 3 is 2.54 bits per heavy atom. The quantitative estimate of drug-likeness (QED) is 0.199. The molecule has 0 aliphatic heterocycles. The van der Waals surface area contributed by atoms with Crippen molar-refractivity contribution in [1.29, 1.82) is 0 Å². The Labute approximate surface area is 215 Å². The number of hydrogen-bond donors (Lipinski definition) is 1. The summed E-state index contributed by atoms with van der Waals surface area (Å²) in [7, 11) is 3.21. The van der Waals surface area contributed by atoms with Crippen LogP contribution in [0.3, 0.4) is 0 Å². The zero-order chi connectivity index (χ0) is 26.0. The number of oxazole rings is 1. The van der Waals surface area contributed by atoms with Gasteiger partial charge in [0.15, 0.2) is 12.2 Å². The van der Waals surface area contributed by atoms with Crippen LogP contribution < -0.4 is 19.5 Å². The van der Waals surface area contributed by atoms with Gasteiger partial charge in [0.1, 0.15) is 23.9 Å². The van der Waals surface area contributed by atoms with Gasteiger partial charge in [-0.05, 0) is 48.9 Å². The molecule has 4 aromatic rings. The third-order valence-electron chi connectivity index (χ3n) is 5.44. The normalized spacial score (nSPS) is 11.1. The Bertz CT molecular complexity index is 1350. The summed E-state index contributed by atoms with van der Waals surface area (Å²) in [6, 6.07) is 20.7. The molecule has 4 rings (SSSR count). The van der Waals surface area contributed by atoms with E-state index in [-0.39, 0.29) is 6.61 Å². The van der Waals surface area contributed by atoms with Crippen molar-refractivity contribution in [2.24, 2.45) is 0 Å². The van der Waals surface area contributed by atoms with Crippen LogP contribution in [0.2, 0.25) is 0 Å². The summed E-state index contributed by atoms with van der Waals surface area (Å²) in [6.07, 6.45) is 4.40. The highest BCUT2D eigenvalue weighted by atomic mass is 16.5. The summed E-state index contributed by atoms with van der Waals surface area (Å²) in [5, 5.41) is 3.31. The second kappa shape index (κ2) is 12.3. The molecule has 0 fully saturated rings. The van der Waals surface area contributed by atoms with Crippen LogP contribution in [0.1, 0.15) is 18.1 Å². The lowest BCUT2D eigenvalue weighted by Crippen LogP contribution is -2.06. The lowest BCUT2D eigenvalue weighted by atomic mass is 10.1. The number of aromatic nitrogens is 1. The molecular formula is C29H28N2O6. The molecule has 1 N–H and O–H groups in total. The molecule has 190 valence electrons. The molecule has 8 nitrogen and oxygen atoms in total. The zero-order valence-corrected chi connectivity index (χ0v) is 20.9. The van der Waals surface area contributed by atoms with E-state index in [1.807, 2.05) is 66.7 Å². The molecule has 0 amide bonds. The van der Waals surface area contributed by atoms with Crippen molar-refractivity contribution in [3.8, 4) is 28.6 Å². The van der Waals surface area contributed by atoms with Crippen molar-refractivity contribution in [3.63, 3.8) is 0 Å². The number of carbonyl (C=O) groups is 1. The SMILES string of the molecule is CCOC(=O)C=C(Nc1ccc(-c2cnco2)c(OC)c1)c1cccc(OCc2ccc(OC)cc2)c1. The average Bonchev–Trinajstić information content (AvgIpc) is 3.47. The number of nitrogens with zero attached hydrogens (tertiary/aromatic N) is 1. The van der Waals surface area contributed by atoms with Crippen molar-refractivity contribution in [2.75, 3.05) is 26.1 Å². The third kappa shape index (κ3) is 6.70. The van der Waals surface area contributed by atoms with Crippen LogP contribution >= 0.6 is 0 Å². The van der Waals surface area contributed by atoms with Crippen LogP contribution in [0.5, 0.6) is 17.2 Å². The first kappa shape index (κ1) is 25.4. The molecule has 37 heavy (non-hydrogen) atoms. The lowest BCUT2D eigenvalue weighted by molar-refractivity contribution is -0.137. The smallest absolute Gasteiger partial charge is 0.332 e. The van der Waals surface area contributed by atoms with E-state index in [2.05, 4.69) is 10.3 Å². The molecule has 1 heterocycles. The van der Waals surface area contributed by atoms with Crippen LogP contribution in [0.15, 0.2) is 89.8 Å². The van der Waals surface area contributed by atoms with Gasteiger partial charge in [-0.15, -0.1) is 0 Å². The summed E-state index contributed by atoms with van der Waals surface area (Å²) >= 11 is 0. The molecule has 0 saturated heterocycles. The maximum atomic E-state index is 12.4. The van der Waals surface area contributed by atoms with Gasteiger partial charge in [0.25, 0.3) is 0 Å². The van der Waals surface area contributed by atoms with Crippen LogP contribution in [-0.4, -0.2) is 31.8 Å². The van der Waals surface area contributed by atoms with Gasteiger partial charge >= 0.3 is 5.97 Å². The van der Waals surface area contributed by atoms with Crippen molar-refractivity contribution in [3.05, 3.63) is 96.5 Å². The summed E-state index contributed by atoms with van der Waals surface area (Å²) in [6.45, 7) is 2.42. The number of ether oxygens (including phenoxy) is 4. The predicted molar refractivity (Wildman–Crippen MR) is 140 cm³/mol. The van der Waals surface area contributed by atoms with Gasteiger partial charge in [0, 0.05) is 23.4 Å². The molecule has 0 unspecified atom stereocenters. The second-order valence-electron chi connectivity index (χ2n) is 7.88. The first-order valence-electron chi connectivity index (χ1n) is 11.7. The second-order valence-corrected chi connectivity index (χ2v) is 7.88. The van der Waals surface area contributed by atoms with E-state index in [0.717, 1.165) is 22.4 Å². The first-order valence-corrected chi connectivity index (χ1v) is 11.7. The van der Waals surface area contributed by atoms with Crippen molar-refractivity contribution >= 4 is 17.4 Å². The van der Waals surface area contributed by atoms with E-state index in [1.165, 1.54) is 12.5 Å². The summed E-state index contributed by atoms with van der Waals surface area (Å²) in [5.74, 6) is 2.17.